The van der Waals surface area contributed by atoms with Gasteiger partial charge in [-0.1, -0.05) is 30.3 Å². The summed E-state index contributed by atoms with van der Waals surface area (Å²) in [7, 11) is 3.83. The van der Waals surface area contributed by atoms with Crippen LogP contribution in [0, 0.1) is 0 Å². The first-order valence-electron chi connectivity index (χ1n) is 9.50. The molecule has 0 amide bonds. The lowest BCUT2D eigenvalue weighted by molar-refractivity contribution is 0.0163. The average molecular weight is 414 g/mol. The van der Waals surface area contributed by atoms with Crippen LogP contribution in [0.5, 0.6) is 0 Å². The van der Waals surface area contributed by atoms with Crippen molar-refractivity contribution < 1.29 is 5.11 Å². The van der Waals surface area contributed by atoms with E-state index in [4.69, 9.17) is 22.9 Å². The monoisotopic (exact) mass is 413 g/mol. The van der Waals surface area contributed by atoms with Gasteiger partial charge in [0.15, 0.2) is 5.11 Å². The molecule has 154 valence electrons. The molecule has 8 nitrogen and oxygen atoms in total. The summed E-state index contributed by atoms with van der Waals surface area (Å²) in [4.78, 5) is 13.2. The van der Waals surface area contributed by atoms with Crippen molar-refractivity contribution >= 4 is 35.3 Å². The number of rotatable bonds is 6. The van der Waals surface area contributed by atoms with Crippen molar-refractivity contribution in [2.24, 2.45) is 10.8 Å². The number of nitrogens with one attached hydrogen (secondary N) is 1. The van der Waals surface area contributed by atoms with Crippen LogP contribution in [0.25, 0.3) is 0 Å². The minimum atomic E-state index is -0.693. The summed E-state index contributed by atoms with van der Waals surface area (Å²) >= 11 is 4.75. The number of benzene rings is 1. The highest BCUT2D eigenvalue weighted by molar-refractivity contribution is 7.80. The van der Waals surface area contributed by atoms with Gasteiger partial charge in [-0.25, -0.2) is 4.98 Å². The Bertz CT molecular complexity index is 864. The summed E-state index contributed by atoms with van der Waals surface area (Å²) in [6.07, 6.45) is 5.32. The first-order chi connectivity index (χ1) is 13.9. The number of hydrazone groups is 1. The van der Waals surface area contributed by atoms with Crippen LogP contribution in [0.2, 0.25) is 0 Å². The van der Waals surface area contributed by atoms with Gasteiger partial charge in [-0.05, 0) is 30.6 Å². The topological polar surface area (TPSA) is 103 Å². The second-order valence-corrected chi connectivity index (χ2v) is 7.89. The number of aromatic nitrogens is 2. The van der Waals surface area contributed by atoms with Crippen LogP contribution in [-0.2, 0) is 6.42 Å². The molecule has 0 bridgehead atoms. The van der Waals surface area contributed by atoms with Crippen LogP contribution in [0.15, 0.2) is 41.6 Å². The van der Waals surface area contributed by atoms with E-state index < -0.39 is 5.60 Å². The minimum Gasteiger partial charge on any atom is -0.389 e. The summed E-state index contributed by atoms with van der Waals surface area (Å²) in [5.74, 6) is 1.39. The lowest BCUT2D eigenvalue weighted by Crippen LogP contribution is -2.46. The number of piperidine rings is 1. The van der Waals surface area contributed by atoms with Gasteiger partial charge in [-0.2, -0.15) is 10.1 Å². The summed E-state index contributed by atoms with van der Waals surface area (Å²) in [6.45, 7) is 1.40. The van der Waals surface area contributed by atoms with Crippen molar-refractivity contribution in [2.45, 2.75) is 24.9 Å². The zero-order valence-corrected chi connectivity index (χ0v) is 17.6. The van der Waals surface area contributed by atoms with E-state index in [0.717, 1.165) is 16.9 Å². The Morgan fingerprint density at radius 2 is 2.03 bits per heavy atom. The lowest BCUT2D eigenvalue weighted by atomic mass is 9.85. The van der Waals surface area contributed by atoms with Gasteiger partial charge in [0.25, 0.3) is 0 Å². The van der Waals surface area contributed by atoms with Crippen LogP contribution >= 0.6 is 12.2 Å². The van der Waals surface area contributed by atoms with Crippen LogP contribution in [-0.4, -0.2) is 59.2 Å². The number of nitrogens with zero attached hydrogens (tertiary/aromatic N) is 5. The van der Waals surface area contributed by atoms with Crippen LogP contribution in [0.4, 0.5) is 11.8 Å². The SMILES string of the molecule is CN(C)c1nc(N2CCC(O)(Cc3ccccc3)CC2)ncc1/C=N/NC(N)=S. The Kier molecular flexibility index (Phi) is 6.60. The predicted octanol–water partition coefficient (Wildman–Crippen LogP) is 1.28. The molecule has 9 heteroatoms. The molecule has 0 atom stereocenters. The molecule has 0 saturated carbocycles. The molecule has 1 aromatic carbocycles. The van der Waals surface area contributed by atoms with E-state index in [2.05, 4.69) is 32.5 Å². The molecule has 1 aliphatic rings. The molecule has 2 heterocycles. The standard InChI is InChI=1S/C20H27N7OS/c1-26(2)17-16(14-23-25-18(21)29)13-22-19(24-17)27-10-8-20(28,9-11-27)12-15-6-4-3-5-7-15/h3-7,13-14,28H,8-12H2,1-2H3,(H3,21,25,29)/b23-14+. The molecule has 3 rings (SSSR count). The zero-order chi connectivity index (χ0) is 20.9. The highest BCUT2D eigenvalue weighted by Gasteiger charge is 2.33. The summed E-state index contributed by atoms with van der Waals surface area (Å²) in [5.41, 5.74) is 9.13. The molecule has 0 spiro atoms. The van der Waals surface area contributed by atoms with Gasteiger partial charge in [0, 0.05) is 39.8 Å². The second kappa shape index (κ2) is 9.15. The van der Waals surface area contributed by atoms with Gasteiger partial charge in [0.05, 0.1) is 17.4 Å². The molecule has 1 aliphatic heterocycles. The fourth-order valence-electron chi connectivity index (χ4n) is 3.42. The third kappa shape index (κ3) is 5.61. The quantitative estimate of drug-likeness (QED) is 0.370. The highest BCUT2D eigenvalue weighted by Crippen LogP contribution is 2.28. The number of aliphatic hydroxyl groups is 1. The van der Waals surface area contributed by atoms with Crippen molar-refractivity contribution in [2.75, 3.05) is 37.0 Å². The van der Waals surface area contributed by atoms with Gasteiger partial charge in [-0.3, -0.25) is 5.43 Å². The van der Waals surface area contributed by atoms with Crippen molar-refractivity contribution in [3.63, 3.8) is 0 Å². The molecular formula is C20H27N7OS. The maximum Gasteiger partial charge on any atom is 0.227 e. The van der Waals surface area contributed by atoms with Crippen molar-refractivity contribution in [1.29, 1.82) is 0 Å². The molecule has 4 N–H and O–H groups in total. The molecule has 0 radical (unpaired) electrons. The largest absolute Gasteiger partial charge is 0.389 e. The Hall–Kier alpha value is -2.78. The first kappa shape index (κ1) is 20.9. The smallest absolute Gasteiger partial charge is 0.227 e. The maximum absolute atomic E-state index is 11.0. The molecule has 29 heavy (non-hydrogen) atoms. The molecule has 1 aromatic heterocycles. The summed E-state index contributed by atoms with van der Waals surface area (Å²) in [5, 5.41) is 15.1. The molecule has 0 unspecified atom stereocenters. The lowest BCUT2D eigenvalue weighted by Gasteiger charge is -2.38. The van der Waals surface area contributed by atoms with Crippen LogP contribution < -0.4 is 21.0 Å². The Labute approximate surface area is 176 Å². The highest BCUT2D eigenvalue weighted by atomic mass is 32.1. The second-order valence-electron chi connectivity index (χ2n) is 7.45. The van der Waals surface area contributed by atoms with Gasteiger partial charge >= 0.3 is 0 Å². The number of hydrogen-bond acceptors (Lipinski definition) is 7. The minimum absolute atomic E-state index is 0.0986. The van der Waals surface area contributed by atoms with Gasteiger partial charge in [0.1, 0.15) is 5.82 Å². The molecule has 0 aliphatic carbocycles. The van der Waals surface area contributed by atoms with Gasteiger partial charge in [0.2, 0.25) is 5.95 Å². The number of hydrogen-bond donors (Lipinski definition) is 3. The maximum atomic E-state index is 11.0. The average Bonchev–Trinajstić information content (AvgIpc) is 2.69. The summed E-state index contributed by atoms with van der Waals surface area (Å²) < 4.78 is 0. The molecule has 1 saturated heterocycles. The molecule has 2 aromatic rings. The van der Waals surface area contributed by atoms with Crippen molar-refractivity contribution in [1.82, 2.24) is 15.4 Å². The van der Waals surface area contributed by atoms with E-state index in [1.54, 1.807) is 12.4 Å². The number of nitrogens with two attached hydrogens (primary N) is 1. The van der Waals surface area contributed by atoms with Gasteiger partial charge in [-0.15, -0.1) is 0 Å². The Morgan fingerprint density at radius 1 is 1.34 bits per heavy atom. The normalized spacial score (nSPS) is 16.0. The van der Waals surface area contributed by atoms with E-state index >= 15 is 0 Å². The van der Waals surface area contributed by atoms with E-state index in [0.29, 0.717) is 38.3 Å². The van der Waals surface area contributed by atoms with E-state index in [1.165, 1.54) is 0 Å². The Balaban J connectivity index is 1.69. The van der Waals surface area contributed by atoms with E-state index in [1.807, 2.05) is 37.2 Å². The summed E-state index contributed by atoms with van der Waals surface area (Å²) in [6, 6.07) is 10.1. The third-order valence-electron chi connectivity index (χ3n) is 4.94. The predicted molar refractivity (Wildman–Crippen MR) is 120 cm³/mol. The van der Waals surface area contributed by atoms with Crippen molar-refractivity contribution in [3.05, 3.63) is 47.7 Å². The first-order valence-corrected chi connectivity index (χ1v) is 9.91. The number of anilines is 2. The molecular weight excluding hydrogens is 386 g/mol. The van der Waals surface area contributed by atoms with E-state index in [-0.39, 0.29) is 5.11 Å². The van der Waals surface area contributed by atoms with Crippen molar-refractivity contribution in [3.8, 4) is 0 Å². The third-order valence-corrected chi connectivity index (χ3v) is 5.03. The van der Waals surface area contributed by atoms with Gasteiger partial charge < -0.3 is 20.6 Å². The fraction of sp³-hybridized carbons (Fsp3) is 0.400. The van der Waals surface area contributed by atoms with E-state index in [9.17, 15) is 5.11 Å². The Morgan fingerprint density at radius 3 is 2.66 bits per heavy atom. The van der Waals surface area contributed by atoms with Crippen LogP contribution in [0.1, 0.15) is 24.0 Å². The zero-order valence-electron chi connectivity index (χ0n) is 16.7. The fourth-order valence-corrected chi connectivity index (χ4v) is 3.47. The molecule has 1 fully saturated rings. The number of thiocarbonyl (C=S) groups is 1. The van der Waals surface area contributed by atoms with Crippen LogP contribution in [0.3, 0.4) is 0 Å².